The zero-order chi connectivity index (χ0) is 12.3. The fourth-order valence-corrected chi connectivity index (χ4v) is 2.28. The van der Waals surface area contributed by atoms with E-state index in [4.69, 9.17) is 5.73 Å². The predicted octanol–water partition coefficient (Wildman–Crippen LogP) is 3.40. The molecular formula is C14H15BrN2. The Morgan fingerprint density at radius 3 is 2.82 bits per heavy atom. The molecule has 0 aliphatic heterocycles. The Labute approximate surface area is 110 Å². The van der Waals surface area contributed by atoms with Gasteiger partial charge in [0.2, 0.25) is 0 Å². The normalized spacial score (nSPS) is 12.4. The van der Waals surface area contributed by atoms with Crippen molar-refractivity contribution >= 4 is 15.9 Å². The van der Waals surface area contributed by atoms with Crippen molar-refractivity contribution in [1.29, 1.82) is 0 Å². The van der Waals surface area contributed by atoms with Crippen LogP contribution in [0.2, 0.25) is 0 Å². The summed E-state index contributed by atoms with van der Waals surface area (Å²) in [5.41, 5.74) is 9.58. The predicted molar refractivity (Wildman–Crippen MR) is 73.7 cm³/mol. The van der Waals surface area contributed by atoms with Crippen LogP contribution in [-0.4, -0.2) is 4.98 Å². The maximum atomic E-state index is 6.20. The standard InChI is InChI=1S/C14H15BrN2/c1-10-7-12(5-6-17-10)14(16)9-11-3-2-4-13(15)8-11/h2-8,14H,9,16H2,1H3. The van der Waals surface area contributed by atoms with E-state index >= 15 is 0 Å². The third-order valence-electron chi connectivity index (χ3n) is 2.69. The van der Waals surface area contributed by atoms with E-state index in [0.717, 1.165) is 22.2 Å². The summed E-state index contributed by atoms with van der Waals surface area (Å²) < 4.78 is 1.09. The van der Waals surface area contributed by atoms with Crippen molar-refractivity contribution in [3.63, 3.8) is 0 Å². The number of rotatable bonds is 3. The van der Waals surface area contributed by atoms with Gasteiger partial charge in [0.1, 0.15) is 0 Å². The number of aromatic nitrogens is 1. The first-order valence-electron chi connectivity index (χ1n) is 5.58. The number of pyridine rings is 1. The van der Waals surface area contributed by atoms with Crippen molar-refractivity contribution in [3.05, 3.63) is 63.9 Å². The van der Waals surface area contributed by atoms with Crippen molar-refractivity contribution in [2.45, 2.75) is 19.4 Å². The van der Waals surface area contributed by atoms with Gasteiger partial charge in [-0.1, -0.05) is 28.1 Å². The van der Waals surface area contributed by atoms with Gasteiger partial charge in [0.15, 0.2) is 0 Å². The summed E-state index contributed by atoms with van der Waals surface area (Å²) in [6.07, 6.45) is 2.65. The molecule has 0 fully saturated rings. The van der Waals surface area contributed by atoms with Crippen molar-refractivity contribution < 1.29 is 0 Å². The summed E-state index contributed by atoms with van der Waals surface area (Å²) >= 11 is 3.47. The molecule has 2 nitrogen and oxygen atoms in total. The lowest BCUT2D eigenvalue weighted by Crippen LogP contribution is -2.13. The van der Waals surface area contributed by atoms with Gasteiger partial charge >= 0.3 is 0 Å². The van der Waals surface area contributed by atoms with Gasteiger partial charge in [-0.2, -0.15) is 0 Å². The summed E-state index contributed by atoms with van der Waals surface area (Å²) in [6.45, 7) is 1.98. The third kappa shape index (κ3) is 3.38. The van der Waals surface area contributed by atoms with Gasteiger partial charge in [0.05, 0.1) is 0 Å². The number of halogens is 1. The summed E-state index contributed by atoms with van der Waals surface area (Å²) in [5.74, 6) is 0. The number of hydrogen-bond donors (Lipinski definition) is 1. The lowest BCUT2D eigenvalue weighted by molar-refractivity contribution is 0.719. The monoisotopic (exact) mass is 290 g/mol. The molecule has 1 aromatic heterocycles. The Balaban J connectivity index is 2.14. The van der Waals surface area contributed by atoms with E-state index in [-0.39, 0.29) is 6.04 Å². The van der Waals surface area contributed by atoms with Gasteiger partial charge in [-0.25, -0.2) is 0 Å². The quantitative estimate of drug-likeness (QED) is 0.941. The molecule has 3 heteroatoms. The van der Waals surface area contributed by atoms with E-state index < -0.39 is 0 Å². The van der Waals surface area contributed by atoms with Crippen molar-refractivity contribution in [2.24, 2.45) is 5.73 Å². The zero-order valence-corrected chi connectivity index (χ0v) is 11.3. The number of nitrogens with zero attached hydrogens (tertiary/aromatic N) is 1. The van der Waals surface area contributed by atoms with Crippen LogP contribution in [0.4, 0.5) is 0 Å². The number of benzene rings is 1. The zero-order valence-electron chi connectivity index (χ0n) is 9.73. The van der Waals surface area contributed by atoms with E-state index in [2.05, 4.69) is 33.0 Å². The lowest BCUT2D eigenvalue weighted by Gasteiger charge is -2.12. The highest BCUT2D eigenvalue weighted by Crippen LogP contribution is 2.19. The molecule has 0 bridgehead atoms. The van der Waals surface area contributed by atoms with Crippen LogP contribution in [-0.2, 0) is 6.42 Å². The molecule has 1 atom stereocenters. The van der Waals surface area contributed by atoms with Gasteiger partial charge in [0, 0.05) is 22.4 Å². The molecule has 2 aromatic rings. The Morgan fingerprint density at radius 1 is 1.29 bits per heavy atom. The van der Waals surface area contributed by atoms with E-state index in [1.807, 2.05) is 37.4 Å². The van der Waals surface area contributed by atoms with Crippen LogP contribution in [0.15, 0.2) is 47.1 Å². The number of hydrogen-bond acceptors (Lipinski definition) is 2. The highest BCUT2D eigenvalue weighted by atomic mass is 79.9. The van der Waals surface area contributed by atoms with Crippen LogP contribution in [0.5, 0.6) is 0 Å². The molecular weight excluding hydrogens is 276 g/mol. The second kappa shape index (κ2) is 5.43. The van der Waals surface area contributed by atoms with Crippen molar-refractivity contribution in [3.8, 4) is 0 Å². The minimum Gasteiger partial charge on any atom is -0.324 e. The number of aryl methyl sites for hydroxylation is 1. The van der Waals surface area contributed by atoms with E-state index in [0.29, 0.717) is 0 Å². The first-order chi connectivity index (χ1) is 8.15. The highest BCUT2D eigenvalue weighted by Gasteiger charge is 2.07. The Bertz CT molecular complexity index is 511. The minimum absolute atomic E-state index is 0.0194. The molecule has 1 heterocycles. The van der Waals surface area contributed by atoms with Gasteiger partial charge < -0.3 is 5.73 Å². The molecule has 0 aliphatic rings. The molecule has 0 aliphatic carbocycles. The topological polar surface area (TPSA) is 38.9 Å². The Hall–Kier alpha value is -1.19. The van der Waals surface area contributed by atoms with Crippen molar-refractivity contribution in [2.75, 3.05) is 0 Å². The van der Waals surface area contributed by atoms with E-state index in [9.17, 15) is 0 Å². The van der Waals surface area contributed by atoms with Gasteiger partial charge in [-0.3, -0.25) is 4.98 Å². The average Bonchev–Trinajstić information content (AvgIpc) is 2.29. The SMILES string of the molecule is Cc1cc(C(N)Cc2cccc(Br)c2)ccn1. The number of nitrogens with two attached hydrogens (primary N) is 1. The maximum absolute atomic E-state index is 6.20. The van der Waals surface area contributed by atoms with Crippen LogP contribution in [0, 0.1) is 6.92 Å². The summed E-state index contributed by atoms with van der Waals surface area (Å²) in [4.78, 5) is 4.18. The maximum Gasteiger partial charge on any atom is 0.0375 e. The second-order valence-electron chi connectivity index (χ2n) is 4.17. The van der Waals surface area contributed by atoms with Crippen LogP contribution < -0.4 is 5.73 Å². The fraction of sp³-hybridized carbons (Fsp3) is 0.214. The molecule has 2 N–H and O–H groups in total. The molecule has 1 unspecified atom stereocenters. The van der Waals surface area contributed by atoms with Crippen LogP contribution in [0.25, 0.3) is 0 Å². The third-order valence-corrected chi connectivity index (χ3v) is 3.19. The molecule has 0 saturated carbocycles. The lowest BCUT2D eigenvalue weighted by atomic mass is 10.0. The molecule has 17 heavy (non-hydrogen) atoms. The average molecular weight is 291 g/mol. The van der Waals surface area contributed by atoms with E-state index in [1.54, 1.807) is 0 Å². The highest BCUT2D eigenvalue weighted by molar-refractivity contribution is 9.10. The molecule has 0 amide bonds. The minimum atomic E-state index is 0.0194. The first-order valence-corrected chi connectivity index (χ1v) is 6.37. The van der Waals surface area contributed by atoms with Crippen LogP contribution >= 0.6 is 15.9 Å². The summed E-state index contributed by atoms with van der Waals surface area (Å²) in [7, 11) is 0. The molecule has 0 radical (unpaired) electrons. The fourth-order valence-electron chi connectivity index (χ4n) is 1.83. The van der Waals surface area contributed by atoms with Gasteiger partial charge in [0.25, 0.3) is 0 Å². The van der Waals surface area contributed by atoms with Gasteiger partial charge in [-0.05, 0) is 48.7 Å². The molecule has 2 rings (SSSR count). The van der Waals surface area contributed by atoms with Gasteiger partial charge in [-0.15, -0.1) is 0 Å². The first kappa shape index (κ1) is 12.3. The Morgan fingerprint density at radius 2 is 2.12 bits per heavy atom. The molecule has 1 aromatic carbocycles. The molecule has 0 spiro atoms. The largest absolute Gasteiger partial charge is 0.324 e. The summed E-state index contributed by atoms with van der Waals surface area (Å²) in [5, 5.41) is 0. The summed E-state index contributed by atoms with van der Waals surface area (Å²) in [6, 6.07) is 12.3. The second-order valence-corrected chi connectivity index (χ2v) is 5.09. The molecule has 0 saturated heterocycles. The molecule has 88 valence electrons. The van der Waals surface area contributed by atoms with Crippen molar-refractivity contribution in [1.82, 2.24) is 4.98 Å². The Kier molecular flexibility index (Phi) is 3.92. The smallest absolute Gasteiger partial charge is 0.0375 e. The van der Waals surface area contributed by atoms with E-state index in [1.165, 1.54) is 5.56 Å². The van der Waals surface area contributed by atoms with Crippen LogP contribution in [0.3, 0.4) is 0 Å². The van der Waals surface area contributed by atoms with Crippen LogP contribution in [0.1, 0.15) is 22.9 Å².